The van der Waals surface area contributed by atoms with Crippen molar-refractivity contribution >= 4 is 5.97 Å². The molecule has 5 N–H and O–H groups in total. The summed E-state index contributed by atoms with van der Waals surface area (Å²) in [6.07, 6.45) is -14.6. The second-order valence-electron chi connectivity index (χ2n) is 6.96. The lowest BCUT2D eigenvalue weighted by Crippen LogP contribution is -2.64. The smallest absolute Gasteiger partial charge is 0.305 e. The monoisotopic (exact) mass is 428 g/mol. The maximum absolute atomic E-state index is 13.4. The number of esters is 1. The number of carbonyl (C=O) groups is 1. The van der Waals surface area contributed by atoms with Crippen molar-refractivity contribution in [2.24, 2.45) is 0 Å². The minimum atomic E-state index is -1.77. The molecule has 0 spiro atoms. The molecule has 0 aromatic heterocycles. The molecule has 0 radical (unpaired) electrons. The van der Waals surface area contributed by atoms with Crippen LogP contribution in [0.1, 0.15) is 19.8 Å². The van der Waals surface area contributed by atoms with E-state index in [-0.39, 0.29) is 6.42 Å². The lowest BCUT2D eigenvalue weighted by molar-refractivity contribution is -0.356. The molecule has 11 nitrogen and oxygen atoms in total. The highest BCUT2D eigenvalue weighted by Crippen LogP contribution is 2.29. The summed E-state index contributed by atoms with van der Waals surface area (Å²) in [4.78, 5) is 11.5. The molecule has 0 aliphatic carbocycles. The molecule has 0 aromatic rings. The molecule has 2 fully saturated rings. The summed E-state index contributed by atoms with van der Waals surface area (Å²) in [5.41, 5.74) is 0. The van der Waals surface area contributed by atoms with Crippen molar-refractivity contribution in [2.75, 3.05) is 20.4 Å². The molecule has 2 aliphatic heterocycles. The molecule has 2 aliphatic rings. The van der Waals surface area contributed by atoms with E-state index in [0.29, 0.717) is 6.42 Å². The van der Waals surface area contributed by atoms with Crippen molar-refractivity contribution in [1.29, 1.82) is 0 Å². The van der Waals surface area contributed by atoms with E-state index in [1.165, 1.54) is 7.11 Å². The first kappa shape index (κ1) is 24.3. The number of aliphatic hydroxyl groups excluding tert-OH is 5. The fraction of sp³-hybridized carbons (Fsp3) is 0.941. The molecule has 12 heteroatoms. The van der Waals surface area contributed by atoms with E-state index < -0.39 is 80.7 Å². The van der Waals surface area contributed by atoms with Crippen molar-refractivity contribution in [1.82, 2.24) is 0 Å². The third kappa shape index (κ3) is 5.60. The van der Waals surface area contributed by atoms with Crippen LogP contribution in [0.5, 0.6) is 0 Å². The second kappa shape index (κ2) is 10.9. The van der Waals surface area contributed by atoms with Crippen LogP contribution in [0.2, 0.25) is 0 Å². The summed E-state index contributed by atoms with van der Waals surface area (Å²) in [7, 11) is 1.20. The summed E-state index contributed by atoms with van der Waals surface area (Å²) in [6.45, 7) is 0.243. The summed E-state index contributed by atoms with van der Waals surface area (Å²) >= 11 is 0. The number of alkyl halides is 1. The lowest BCUT2D eigenvalue weighted by atomic mass is 9.97. The van der Waals surface area contributed by atoms with Gasteiger partial charge in [0.05, 0.1) is 0 Å². The van der Waals surface area contributed by atoms with Crippen LogP contribution < -0.4 is 0 Å². The number of hydrogen-bond acceptors (Lipinski definition) is 11. The van der Waals surface area contributed by atoms with Crippen LogP contribution in [0.4, 0.5) is 4.39 Å². The van der Waals surface area contributed by atoms with E-state index in [9.17, 15) is 34.7 Å². The van der Waals surface area contributed by atoms with Crippen LogP contribution in [0.25, 0.3) is 0 Å². The Morgan fingerprint density at radius 3 is 2.14 bits per heavy atom. The molecule has 0 aromatic carbocycles. The fourth-order valence-corrected chi connectivity index (χ4v) is 3.17. The Hall–Kier alpha value is -0.960. The second-order valence-corrected chi connectivity index (χ2v) is 6.96. The number of halogens is 1. The van der Waals surface area contributed by atoms with Crippen molar-refractivity contribution in [3.8, 4) is 0 Å². The van der Waals surface area contributed by atoms with Crippen molar-refractivity contribution in [2.45, 2.75) is 81.2 Å². The van der Waals surface area contributed by atoms with E-state index in [2.05, 4.69) is 0 Å². The average molecular weight is 428 g/mol. The van der Waals surface area contributed by atoms with Gasteiger partial charge in [0.2, 0.25) is 0 Å². The number of carbonyl (C=O) groups excluding carboxylic acids is 1. The zero-order valence-electron chi connectivity index (χ0n) is 16.2. The largest absolute Gasteiger partial charge is 0.463 e. The van der Waals surface area contributed by atoms with Crippen molar-refractivity contribution in [3.63, 3.8) is 0 Å². The summed E-state index contributed by atoms with van der Waals surface area (Å²) in [6, 6.07) is 0. The molecular formula is C17H29FO11. The Morgan fingerprint density at radius 1 is 0.931 bits per heavy atom. The van der Waals surface area contributed by atoms with Gasteiger partial charge >= 0.3 is 5.97 Å². The predicted molar refractivity (Wildman–Crippen MR) is 91.1 cm³/mol. The molecule has 2 saturated heterocycles. The topological polar surface area (TPSA) is 164 Å². The van der Waals surface area contributed by atoms with E-state index in [1.807, 2.05) is 0 Å². The van der Waals surface area contributed by atoms with E-state index >= 15 is 0 Å². The molecule has 29 heavy (non-hydrogen) atoms. The molecule has 0 saturated carbocycles. The van der Waals surface area contributed by atoms with Gasteiger partial charge < -0.3 is 49.2 Å². The minimum Gasteiger partial charge on any atom is -0.463 e. The van der Waals surface area contributed by atoms with Gasteiger partial charge in [0, 0.05) is 13.5 Å². The molecule has 0 bridgehead atoms. The average Bonchev–Trinajstić information content (AvgIpc) is 2.71. The van der Waals surface area contributed by atoms with Crippen LogP contribution in [0.15, 0.2) is 0 Å². The highest BCUT2D eigenvalue weighted by Gasteiger charge is 2.50. The number of aliphatic hydroxyl groups is 5. The first-order valence-electron chi connectivity index (χ1n) is 9.36. The predicted octanol–water partition coefficient (Wildman–Crippen LogP) is -2.41. The quantitative estimate of drug-likeness (QED) is 0.261. The van der Waals surface area contributed by atoms with Crippen LogP contribution in [0.3, 0.4) is 0 Å². The highest BCUT2D eigenvalue weighted by atomic mass is 19.1. The summed E-state index contributed by atoms with van der Waals surface area (Å²) < 4.78 is 39.2. The lowest BCUT2D eigenvalue weighted by Gasteiger charge is -2.45. The van der Waals surface area contributed by atoms with Crippen LogP contribution in [-0.2, 0) is 28.5 Å². The normalized spacial score (nSPS) is 43.2. The van der Waals surface area contributed by atoms with Crippen molar-refractivity contribution < 1.29 is 58.4 Å². The number of hydrogen-bond donors (Lipinski definition) is 5. The molecule has 10 atom stereocenters. The van der Waals surface area contributed by atoms with Gasteiger partial charge in [0.15, 0.2) is 12.6 Å². The van der Waals surface area contributed by atoms with E-state index in [0.717, 1.165) is 0 Å². The molecule has 0 amide bonds. The highest BCUT2D eigenvalue weighted by molar-refractivity contribution is 5.69. The first-order valence-corrected chi connectivity index (χ1v) is 9.36. The Morgan fingerprint density at radius 2 is 1.55 bits per heavy atom. The first-order chi connectivity index (χ1) is 13.7. The Balaban J connectivity index is 2.07. The molecule has 0 unspecified atom stereocenters. The number of ether oxygens (including phenoxy) is 5. The molecule has 2 rings (SSSR count). The van der Waals surface area contributed by atoms with E-state index in [4.69, 9.17) is 23.7 Å². The number of rotatable bonds is 8. The van der Waals surface area contributed by atoms with Crippen LogP contribution in [0, 0.1) is 0 Å². The van der Waals surface area contributed by atoms with Crippen molar-refractivity contribution in [3.05, 3.63) is 0 Å². The van der Waals surface area contributed by atoms with Crippen LogP contribution in [-0.4, -0.2) is 113 Å². The van der Waals surface area contributed by atoms with E-state index in [1.54, 1.807) is 6.92 Å². The van der Waals surface area contributed by atoms with Gasteiger partial charge in [-0.2, -0.15) is 0 Å². The molecule has 170 valence electrons. The zero-order valence-corrected chi connectivity index (χ0v) is 16.2. The van der Waals surface area contributed by atoms with Gasteiger partial charge in [0.1, 0.15) is 62.1 Å². The maximum atomic E-state index is 13.4. The van der Waals surface area contributed by atoms with Gasteiger partial charge in [-0.05, 0) is 6.42 Å². The maximum Gasteiger partial charge on any atom is 0.305 e. The third-order valence-corrected chi connectivity index (χ3v) is 4.85. The SMILES string of the molecule is CCCC(=O)OC[C@H]1O[C@@H](O[C@H]2[C@H](O)[C@@H](O)[C@H](OC)O[C@@H]2CF)[C@H](O)[C@@H](O)[C@H]1O. The Labute approximate surface area is 166 Å². The van der Waals surface area contributed by atoms with Gasteiger partial charge in [0.25, 0.3) is 0 Å². The molecule has 2 heterocycles. The van der Waals surface area contributed by atoms with Gasteiger partial charge in [-0.1, -0.05) is 6.92 Å². The summed E-state index contributed by atoms with van der Waals surface area (Å²) in [5, 5.41) is 50.5. The molecular weight excluding hydrogens is 399 g/mol. The van der Waals surface area contributed by atoms with Gasteiger partial charge in [-0.15, -0.1) is 0 Å². The van der Waals surface area contributed by atoms with Gasteiger partial charge in [-0.3, -0.25) is 4.79 Å². The third-order valence-electron chi connectivity index (χ3n) is 4.85. The standard InChI is InChI=1S/C17H29FO11/c1-3-4-9(19)26-6-8-10(20)11(21)13(23)17(28-8)29-15-7(5-18)27-16(25-2)14(24)12(15)22/h7-8,10-17,20-24H,3-6H2,1-2H3/t7-,8-,10+,11+,12-,13-,14-,15-,16-,17+/m1/s1. The minimum absolute atomic E-state index is 0.149. The Bertz CT molecular complexity index is 522. The summed E-state index contributed by atoms with van der Waals surface area (Å²) in [5.74, 6) is -0.538. The van der Waals surface area contributed by atoms with Gasteiger partial charge in [-0.25, -0.2) is 4.39 Å². The zero-order chi connectivity index (χ0) is 21.7. The van der Waals surface area contributed by atoms with Crippen LogP contribution >= 0.6 is 0 Å². The number of methoxy groups -OCH3 is 1. The Kier molecular flexibility index (Phi) is 9.13. The fourth-order valence-electron chi connectivity index (χ4n) is 3.17.